The molecule has 0 aliphatic carbocycles. The molecule has 1 fully saturated rings. The van der Waals surface area contributed by atoms with Crippen molar-refractivity contribution in [3.05, 3.63) is 64.2 Å². The molecular weight excluding hydrogens is 408 g/mol. The second kappa shape index (κ2) is 9.12. The fraction of sp³-hybridized carbons (Fsp3) is 0.400. The van der Waals surface area contributed by atoms with E-state index in [1.165, 1.54) is 11.0 Å². The SMILES string of the molecule is Cc1cc(C)cc(OCCN(C)C(=O)c2ccc3c(c2)C(=O)N(CC2CCCO2)C3=O)c1. The zero-order chi connectivity index (χ0) is 22.8. The molecule has 0 aromatic heterocycles. The summed E-state index contributed by atoms with van der Waals surface area (Å²) in [6.07, 6.45) is 1.67. The number of aryl methyl sites for hydroxylation is 2. The topological polar surface area (TPSA) is 76.2 Å². The lowest BCUT2D eigenvalue weighted by Gasteiger charge is -2.18. The van der Waals surface area contributed by atoms with Gasteiger partial charge in [0.2, 0.25) is 0 Å². The largest absolute Gasteiger partial charge is 0.492 e. The first-order valence-electron chi connectivity index (χ1n) is 10.9. The second-order valence-electron chi connectivity index (χ2n) is 8.51. The molecule has 2 aliphatic rings. The molecule has 4 rings (SSSR count). The van der Waals surface area contributed by atoms with Gasteiger partial charge in [-0.15, -0.1) is 0 Å². The number of nitrogens with zero attached hydrogens (tertiary/aromatic N) is 2. The normalized spacial score (nSPS) is 17.6. The van der Waals surface area contributed by atoms with Gasteiger partial charge in [-0.3, -0.25) is 19.3 Å². The molecule has 1 saturated heterocycles. The number of benzene rings is 2. The predicted octanol–water partition coefficient (Wildman–Crippen LogP) is 3.23. The fourth-order valence-corrected chi connectivity index (χ4v) is 4.22. The van der Waals surface area contributed by atoms with Crippen LogP contribution in [0, 0.1) is 13.8 Å². The van der Waals surface area contributed by atoms with E-state index in [2.05, 4.69) is 6.07 Å². The van der Waals surface area contributed by atoms with Crippen molar-refractivity contribution in [3.63, 3.8) is 0 Å². The van der Waals surface area contributed by atoms with Gasteiger partial charge < -0.3 is 14.4 Å². The van der Waals surface area contributed by atoms with Crippen molar-refractivity contribution in [2.75, 3.05) is 33.4 Å². The molecule has 0 bridgehead atoms. The maximum absolute atomic E-state index is 12.9. The molecule has 0 spiro atoms. The number of fused-ring (bicyclic) bond motifs is 1. The Morgan fingerprint density at radius 1 is 1.09 bits per heavy atom. The standard InChI is InChI=1S/C25H28N2O5/c1-16-11-17(2)13-20(12-16)32-10-8-26(3)23(28)18-6-7-21-22(14-18)25(30)27(24(21)29)15-19-5-4-9-31-19/h6-7,11-14,19H,4-5,8-10,15H2,1-3H3. The molecule has 1 atom stereocenters. The van der Waals surface area contributed by atoms with Crippen LogP contribution < -0.4 is 4.74 Å². The lowest BCUT2D eigenvalue weighted by atomic mass is 10.0. The Balaban J connectivity index is 1.39. The number of imide groups is 1. The molecule has 3 amide bonds. The molecule has 2 aliphatic heterocycles. The summed E-state index contributed by atoms with van der Waals surface area (Å²) in [6, 6.07) is 10.7. The third kappa shape index (κ3) is 4.53. The van der Waals surface area contributed by atoms with E-state index in [1.54, 1.807) is 24.1 Å². The minimum atomic E-state index is -0.365. The minimum Gasteiger partial charge on any atom is -0.492 e. The first kappa shape index (κ1) is 22.0. The minimum absolute atomic E-state index is 0.110. The van der Waals surface area contributed by atoms with Gasteiger partial charge in [0.1, 0.15) is 12.4 Å². The van der Waals surface area contributed by atoms with Crippen LogP contribution in [0.1, 0.15) is 55.0 Å². The van der Waals surface area contributed by atoms with Gasteiger partial charge in [-0.2, -0.15) is 0 Å². The van der Waals surface area contributed by atoms with Crippen molar-refractivity contribution in [3.8, 4) is 5.75 Å². The maximum atomic E-state index is 12.9. The van der Waals surface area contributed by atoms with Crippen molar-refractivity contribution in [1.29, 1.82) is 0 Å². The molecule has 0 saturated carbocycles. The lowest BCUT2D eigenvalue weighted by Crippen LogP contribution is -2.36. The average Bonchev–Trinajstić information content (AvgIpc) is 3.35. The highest BCUT2D eigenvalue weighted by atomic mass is 16.5. The van der Waals surface area contributed by atoms with Crippen LogP contribution in [0.4, 0.5) is 0 Å². The van der Waals surface area contributed by atoms with Crippen molar-refractivity contribution in [1.82, 2.24) is 9.80 Å². The fourth-order valence-electron chi connectivity index (χ4n) is 4.22. The number of rotatable bonds is 7. The zero-order valence-corrected chi connectivity index (χ0v) is 18.7. The van der Waals surface area contributed by atoms with E-state index in [9.17, 15) is 14.4 Å². The summed E-state index contributed by atoms with van der Waals surface area (Å²) in [5.74, 6) is -0.142. The molecule has 7 nitrogen and oxygen atoms in total. The summed E-state index contributed by atoms with van der Waals surface area (Å²) in [5.41, 5.74) is 3.23. The second-order valence-corrected chi connectivity index (χ2v) is 8.51. The molecule has 168 valence electrons. The highest BCUT2D eigenvalue weighted by Gasteiger charge is 2.38. The molecule has 2 aromatic rings. The van der Waals surface area contributed by atoms with Gasteiger partial charge in [0.05, 0.1) is 30.3 Å². The highest BCUT2D eigenvalue weighted by Crippen LogP contribution is 2.26. The van der Waals surface area contributed by atoms with Gasteiger partial charge in [-0.25, -0.2) is 0 Å². The van der Waals surface area contributed by atoms with Gasteiger partial charge in [0, 0.05) is 19.2 Å². The molecule has 0 radical (unpaired) electrons. The Hall–Kier alpha value is -3.19. The van der Waals surface area contributed by atoms with Crippen LogP contribution >= 0.6 is 0 Å². The average molecular weight is 437 g/mol. The van der Waals surface area contributed by atoms with Gasteiger partial charge in [-0.05, 0) is 68.1 Å². The number of ether oxygens (including phenoxy) is 2. The zero-order valence-electron chi connectivity index (χ0n) is 18.7. The summed E-state index contributed by atoms with van der Waals surface area (Å²) in [4.78, 5) is 41.2. The molecule has 1 unspecified atom stereocenters. The summed E-state index contributed by atoms with van der Waals surface area (Å²) in [7, 11) is 1.69. The van der Waals surface area contributed by atoms with E-state index in [0.29, 0.717) is 30.9 Å². The third-order valence-corrected chi connectivity index (χ3v) is 5.87. The van der Waals surface area contributed by atoms with Crippen molar-refractivity contribution in [2.24, 2.45) is 0 Å². The van der Waals surface area contributed by atoms with Crippen molar-refractivity contribution in [2.45, 2.75) is 32.8 Å². The molecule has 2 heterocycles. The monoisotopic (exact) mass is 436 g/mol. The smallest absolute Gasteiger partial charge is 0.261 e. The number of hydrogen-bond acceptors (Lipinski definition) is 5. The van der Waals surface area contributed by atoms with E-state index in [4.69, 9.17) is 9.47 Å². The van der Waals surface area contributed by atoms with Crippen LogP contribution in [0.3, 0.4) is 0 Å². The van der Waals surface area contributed by atoms with Gasteiger partial charge >= 0.3 is 0 Å². The van der Waals surface area contributed by atoms with E-state index >= 15 is 0 Å². The first-order chi connectivity index (χ1) is 15.3. The van der Waals surface area contributed by atoms with Gasteiger partial charge in [-0.1, -0.05) is 6.07 Å². The van der Waals surface area contributed by atoms with Crippen molar-refractivity contribution < 1.29 is 23.9 Å². The summed E-state index contributed by atoms with van der Waals surface area (Å²) in [5, 5.41) is 0. The molecule has 2 aromatic carbocycles. The Kier molecular flexibility index (Phi) is 6.28. The van der Waals surface area contributed by atoms with Crippen LogP contribution in [0.25, 0.3) is 0 Å². The van der Waals surface area contributed by atoms with Crippen molar-refractivity contribution >= 4 is 17.7 Å². The quantitative estimate of drug-likeness (QED) is 0.623. The summed E-state index contributed by atoms with van der Waals surface area (Å²) >= 11 is 0. The molecular formula is C25H28N2O5. The van der Waals surface area contributed by atoms with E-state index in [-0.39, 0.29) is 35.9 Å². The molecule has 32 heavy (non-hydrogen) atoms. The van der Waals surface area contributed by atoms with Gasteiger partial charge in [0.15, 0.2) is 0 Å². The first-order valence-corrected chi connectivity index (χ1v) is 10.9. The lowest BCUT2D eigenvalue weighted by molar-refractivity contribution is 0.0475. The number of hydrogen-bond donors (Lipinski definition) is 0. The van der Waals surface area contributed by atoms with Gasteiger partial charge in [0.25, 0.3) is 17.7 Å². The number of carbonyl (C=O) groups is 3. The predicted molar refractivity (Wildman–Crippen MR) is 119 cm³/mol. The van der Waals surface area contributed by atoms with Crippen LogP contribution in [-0.4, -0.2) is 67.0 Å². The van der Waals surface area contributed by atoms with Crippen LogP contribution in [0.15, 0.2) is 36.4 Å². The Morgan fingerprint density at radius 2 is 1.81 bits per heavy atom. The molecule has 7 heteroatoms. The number of carbonyl (C=O) groups excluding carboxylic acids is 3. The van der Waals surface area contributed by atoms with E-state index in [0.717, 1.165) is 29.7 Å². The van der Waals surface area contributed by atoms with E-state index < -0.39 is 0 Å². The van der Waals surface area contributed by atoms with Crippen LogP contribution in [0.2, 0.25) is 0 Å². The van der Waals surface area contributed by atoms with E-state index in [1.807, 2.05) is 26.0 Å². The number of likely N-dealkylation sites (N-methyl/N-ethyl adjacent to an activating group) is 1. The van der Waals surface area contributed by atoms with Crippen LogP contribution in [-0.2, 0) is 4.74 Å². The Morgan fingerprint density at radius 3 is 2.50 bits per heavy atom. The summed E-state index contributed by atoms with van der Waals surface area (Å²) in [6.45, 7) is 5.68. The molecule has 0 N–H and O–H groups in total. The van der Waals surface area contributed by atoms with Crippen LogP contribution in [0.5, 0.6) is 5.75 Å². The Labute approximate surface area is 187 Å². The Bertz CT molecular complexity index is 1040. The summed E-state index contributed by atoms with van der Waals surface area (Å²) < 4.78 is 11.4. The maximum Gasteiger partial charge on any atom is 0.261 e. The highest BCUT2D eigenvalue weighted by molar-refractivity contribution is 6.22. The third-order valence-electron chi connectivity index (χ3n) is 5.87. The number of amides is 3.